The lowest BCUT2D eigenvalue weighted by Gasteiger charge is -2.28. The third kappa shape index (κ3) is 6.29. The van der Waals surface area contributed by atoms with Gasteiger partial charge in [-0.2, -0.15) is 0 Å². The summed E-state index contributed by atoms with van der Waals surface area (Å²) in [5, 5.41) is 4.75. The second-order valence-corrected chi connectivity index (χ2v) is 16.1. The zero-order valence-electron chi connectivity index (χ0n) is 34.4. The van der Waals surface area contributed by atoms with E-state index in [1.807, 2.05) is 6.07 Å². The molecular formula is C60H40N2O. The molecule has 3 heteroatoms. The van der Waals surface area contributed by atoms with E-state index in [1.54, 1.807) is 0 Å². The number of para-hydroxylation sites is 4. The van der Waals surface area contributed by atoms with Crippen LogP contribution in [0.4, 0.5) is 17.1 Å². The van der Waals surface area contributed by atoms with Crippen molar-refractivity contribution in [1.82, 2.24) is 4.57 Å². The Morgan fingerprint density at radius 2 is 0.937 bits per heavy atom. The van der Waals surface area contributed by atoms with Gasteiger partial charge in [-0.15, -0.1) is 0 Å². The lowest BCUT2D eigenvalue weighted by atomic mass is 9.92. The molecule has 12 rings (SSSR count). The molecule has 0 aliphatic rings. The van der Waals surface area contributed by atoms with Crippen molar-refractivity contribution in [3.8, 4) is 50.2 Å². The van der Waals surface area contributed by atoms with E-state index in [0.717, 1.165) is 89.2 Å². The molecule has 0 bridgehead atoms. The number of hydrogen-bond acceptors (Lipinski definition) is 2. The van der Waals surface area contributed by atoms with Crippen molar-refractivity contribution >= 4 is 60.8 Å². The van der Waals surface area contributed by atoms with Crippen molar-refractivity contribution in [2.75, 3.05) is 4.90 Å². The summed E-state index contributed by atoms with van der Waals surface area (Å²) in [6.45, 7) is 0. The van der Waals surface area contributed by atoms with Crippen molar-refractivity contribution in [2.24, 2.45) is 0 Å². The Balaban J connectivity index is 0.999. The number of fused-ring (bicyclic) bond motifs is 6. The van der Waals surface area contributed by atoms with Gasteiger partial charge in [0.1, 0.15) is 11.2 Å². The Morgan fingerprint density at radius 3 is 1.70 bits per heavy atom. The molecule has 0 aliphatic carbocycles. The van der Waals surface area contributed by atoms with E-state index >= 15 is 0 Å². The SMILES string of the molecule is c1ccc(-c2ccccc2N(c2ccc(-c3cccc(-n4c5ccccc5c5ccccc54)c3)cc2)c2cccc(-c3ccc4c(oc5ccccc54)c3-c3ccccc3)c2)cc1. The first kappa shape index (κ1) is 36.5. The molecule has 296 valence electrons. The molecule has 10 aromatic carbocycles. The van der Waals surface area contributed by atoms with E-state index in [4.69, 9.17) is 4.42 Å². The molecular weight excluding hydrogens is 765 g/mol. The number of hydrogen-bond donors (Lipinski definition) is 0. The Hall–Kier alpha value is -8.40. The van der Waals surface area contributed by atoms with Crippen LogP contribution in [0.5, 0.6) is 0 Å². The summed E-state index contributed by atoms with van der Waals surface area (Å²) < 4.78 is 9.07. The van der Waals surface area contributed by atoms with Crippen LogP contribution in [0.1, 0.15) is 0 Å². The lowest BCUT2D eigenvalue weighted by molar-refractivity contribution is 0.670. The summed E-state index contributed by atoms with van der Waals surface area (Å²) in [7, 11) is 0. The first-order valence-corrected chi connectivity index (χ1v) is 21.5. The van der Waals surface area contributed by atoms with E-state index in [-0.39, 0.29) is 0 Å². The molecule has 0 amide bonds. The average Bonchev–Trinajstić information content (AvgIpc) is 3.91. The van der Waals surface area contributed by atoms with Gasteiger partial charge in [0.25, 0.3) is 0 Å². The van der Waals surface area contributed by atoms with E-state index in [1.165, 1.54) is 21.8 Å². The molecule has 0 saturated heterocycles. The molecule has 0 unspecified atom stereocenters. The maximum Gasteiger partial charge on any atom is 0.143 e. The van der Waals surface area contributed by atoms with Gasteiger partial charge in [0, 0.05) is 49.7 Å². The molecule has 2 aromatic heterocycles. The number of rotatable bonds is 8. The summed E-state index contributed by atoms with van der Waals surface area (Å²) in [5.41, 5.74) is 17.6. The molecule has 0 radical (unpaired) electrons. The Morgan fingerprint density at radius 1 is 0.333 bits per heavy atom. The summed E-state index contributed by atoms with van der Waals surface area (Å²) in [4.78, 5) is 2.39. The van der Waals surface area contributed by atoms with Crippen LogP contribution < -0.4 is 4.90 Å². The van der Waals surface area contributed by atoms with Gasteiger partial charge >= 0.3 is 0 Å². The van der Waals surface area contributed by atoms with Crippen molar-refractivity contribution in [1.29, 1.82) is 0 Å². The standard InChI is InChI=1S/C60H40N2O/c1-3-17-42(18-4-1)49-25-7-11-29-55(49)61(46-35-33-41(34-36-46)44-21-15-24-48(39-44)62-56-30-12-8-26-51(56)52-27-9-13-31-57(52)62)47-23-16-22-45(40-47)50-37-38-54-53-28-10-14-32-58(53)63-60(54)59(50)43-19-5-2-6-20-43/h1-40H. The van der Waals surface area contributed by atoms with Crippen molar-refractivity contribution in [2.45, 2.75) is 0 Å². The van der Waals surface area contributed by atoms with Crippen LogP contribution in [0, 0.1) is 0 Å². The van der Waals surface area contributed by atoms with Gasteiger partial charge in [-0.05, 0) is 100 Å². The van der Waals surface area contributed by atoms with Gasteiger partial charge < -0.3 is 13.9 Å². The first-order chi connectivity index (χ1) is 31.3. The average molecular weight is 805 g/mol. The molecule has 3 nitrogen and oxygen atoms in total. The van der Waals surface area contributed by atoms with Crippen molar-refractivity contribution < 1.29 is 4.42 Å². The second-order valence-electron chi connectivity index (χ2n) is 16.1. The molecule has 0 fully saturated rings. The fourth-order valence-electron chi connectivity index (χ4n) is 9.52. The van der Waals surface area contributed by atoms with Crippen LogP contribution in [0.15, 0.2) is 247 Å². The lowest BCUT2D eigenvalue weighted by Crippen LogP contribution is -2.11. The number of benzene rings is 10. The van der Waals surface area contributed by atoms with E-state index < -0.39 is 0 Å². The molecule has 0 aliphatic heterocycles. The summed E-state index contributed by atoms with van der Waals surface area (Å²) in [5.74, 6) is 0. The predicted octanol–water partition coefficient (Wildman–Crippen LogP) is 16.8. The minimum absolute atomic E-state index is 0.890. The highest BCUT2D eigenvalue weighted by Crippen LogP contribution is 2.46. The van der Waals surface area contributed by atoms with E-state index in [9.17, 15) is 0 Å². The summed E-state index contributed by atoms with van der Waals surface area (Å²) in [6.07, 6.45) is 0. The number of furan rings is 1. The van der Waals surface area contributed by atoms with Gasteiger partial charge in [0.2, 0.25) is 0 Å². The monoisotopic (exact) mass is 804 g/mol. The highest BCUT2D eigenvalue weighted by molar-refractivity contribution is 6.13. The maximum absolute atomic E-state index is 6.68. The van der Waals surface area contributed by atoms with Gasteiger partial charge in [-0.3, -0.25) is 0 Å². The van der Waals surface area contributed by atoms with Crippen LogP contribution in [0.3, 0.4) is 0 Å². The molecule has 0 spiro atoms. The van der Waals surface area contributed by atoms with Gasteiger partial charge in [0.05, 0.1) is 16.7 Å². The zero-order valence-corrected chi connectivity index (χ0v) is 34.4. The van der Waals surface area contributed by atoms with Gasteiger partial charge in [0.15, 0.2) is 0 Å². The largest absolute Gasteiger partial charge is 0.455 e. The molecule has 12 aromatic rings. The third-order valence-corrected chi connectivity index (χ3v) is 12.4. The third-order valence-electron chi connectivity index (χ3n) is 12.4. The minimum Gasteiger partial charge on any atom is -0.455 e. The van der Waals surface area contributed by atoms with Crippen LogP contribution in [-0.2, 0) is 0 Å². The molecule has 63 heavy (non-hydrogen) atoms. The van der Waals surface area contributed by atoms with Crippen LogP contribution in [-0.4, -0.2) is 4.57 Å². The smallest absolute Gasteiger partial charge is 0.143 e. The van der Waals surface area contributed by atoms with Crippen LogP contribution in [0.2, 0.25) is 0 Å². The highest BCUT2D eigenvalue weighted by atomic mass is 16.3. The molecule has 0 atom stereocenters. The number of anilines is 3. The molecule has 0 saturated carbocycles. The molecule has 2 heterocycles. The Kier molecular flexibility index (Phi) is 8.83. The predicted molar refractivity (Wildman–Crippen MR) is 264 cm³/mol. The summed E-state index contributed by atoms with van der Waals surface area (Å²) in [6, 6.07) is 87.0. The fraction of sp³-hybridized carbons (Fsp3) is 0. The fourth-order valence-corrected chi connectivity index (χ4v) is 9.52. The zero-order chi connectivity index (χ0) is 41.7. The van der Waals surface area contributed by atoms with Crippen molar-refractivity contribution in [3.05, 3.63) is 243 Å². The second kappa shape index (κ2) is 15.3. The number of nitrogens with zero attached hydrogens (tertiary/aromatic N) is 2. The summed E-state index contributed by atoms with van der Waals surface area (Å²) >= 11 is 0. The van der Waals surface area contributed by atoms with Crippen LogP contribution in [0.25, 0.3) is 93.9 Å². The quantitative estimate of drug-likeness (QED) is 0.153. The first-order valence-electron chi connectivity index (χ1n) is 21.5. The van der Waals surface area contributed by atoms with E-state index in [0.29, 0.717) is 0 Å². The maximum atomic E-state index is 6.68. The van der Waals surface area contributed by atoms with Crippen molar-refractivity contribution in [3.63, 3.8) is 0 Å². The minimum atomic E-state index is 0.890. The Bertz CT molecular complexity index is 3570. The van der Waals surface area contributed by atoms with E-state index in [2.05, 4.69) is 246 Å². The van der Waals surface area contributed by atoms with Crippen LogP contribution >= 0.6 is 0 Å². The van der Waals surface area contributed by atoms with Gasteiger partial charge in [-0.25, -0.2) is 0 Å². The molecule has 0 N–H and O–H groups in total. The van der Waals surface area contributed by atoms with Gasteiger partial charge in [-0.1, -0.05) is 176 Å². The highest BCUT2D eigenvalue weighted by Gasteiger charge is 2.21. The topological polar surface area (TPSA) is 21.3 Å². The normalized spacial score (nSPS) is 11.5. The number of aromatic nitrogens is 1. The Labute approximate surface area is 366 Å².